The number of halogens is 1. The Hall–Kier alpha value is -1.47. The molecule has 0 amide bonds. The van der Waals surface area contributed by atoms with E-state index in [1.54, 1.807) is 0 Å². The van der Waals surface area contributed by atoms with Crippen LogP contribution in [0.25, 0.3) is 0 Å². The van der Waals surface area contributed by atoms with Gasteiger partial charge in [0.25, 0.3) is 0 Å². The summed E-state index contributed by atoms with van der Waals surface area (Å²) in [4.78, 5) is 0. The lowest BCUT2D eigenvalue weighted by atomic mass is 9.87. The molecule has 0 saturated heterocycles. The van der Waals surface area contributed by atoms with E-state index in [4.69, 9.17) is 16.3 Å². The van der Waals surface area contributed by atoms with Crippen molar-refractivity contribution in [2.24, 2.45) is 5.41 Å². The van der Waals surface area contributed by atoms with Crippen molar-refractivity contribution in [1.29, 1.82) is 0 Å². The first-order valence-corrected chi connectivity index (χ1v) is 6.87. The average molecular weight is 275 g/mol. The quantitative estimate of drug-likeness (QED) is 0.642. The van der Waals surface area contributed by atoms with E-state index >= 15 is 0 Å². The Morgan fingerprint density at radius 1 is 0.842 bits per heavy atom. The van der Waals surface area contributed by atoms with E-state index in [0.29, 0.717) is 0 Å². The summed E-state index contributed by atoms with van der Waals surface area (Å²) in [6.07, 6.45) is 0. The summed E-state index contributed by atoms with van der Waals surface area (Å²) in [6.45, 7) is 6.41. The molecule has 0 aliphatic heterocycles. The Morgan fingerprint density at radius 2 is 1.37 bits per heavy atom. The molecule has 0 fully saturated rings. The van der Waals surface area contributed by atoms with Gasteiger partial charge in [0.1, 0.15) is 11.5 Å². The Bertz CT molecular complexity index is 511. The highest BCUT2D eigenvalue weighted by Gasteiger charge is 2.23. The first-order chi connectivity index (χ1) is 8.97. The van der Waals surface area contributed by atoms with Gasteiger partial charge in [0.2, 0.25) is 0 Å². The minimum Gasteiger partial charge on any atom is -0.457 e. The van der Waals surface area contributed by atoms with E-state index in [0.717, 1.165) is 17.1 Å². The number of alkyl halides is 1. The molecule has 1 nitrogen and oxygen atoms in total. The maximum absolute atomic E-state index is 6.45. The van der Waals surface area contributed by atoms with Crippen molar-refractivity contribution < 1.29 is 4.74 Å². The third-order valence-corrected chi connectivity index (χ3v) is 3.82. The summed E-state index contributed by atoms with van der Waals surface area (Å²) in [7, 11) is 0. The van der Waals surface area contributed by atoms with Crippen LogP contribution in [0.4, 0.5) is 0 Å². The summed E-state index contributed by atoms with van der Waals surface area (Å²) < 4.78 is 5.76. The van der Waals surface area contributed by atoms with E-state index in [1.807, 2.05) is 54.6 Å². The molecule has 0 aliphatic rings. The van der Waals surface area contributed by atoms with Crippen molar-refractivity contribution in [1.82, 2.24) is 0 Å². The fraction of sp³-hybridized carbons (Fsp3) is 0.294. The maximum Gasteiger partial charge on any atom is 0.127 e. The summed E-state index contributed by atoms with van der Waals surface area (Å²) in [5.74, 6) is 1.67. The van der Waals surface area contributed by atoms with Crippen LogP contribution in [0.2, 0.25) is 0 Å². The summed E-state index contributed by atoms with van der Waals surface area (Å²) in [5.41, 5.74) is 1.16. The molecule has 100 valence electrons. The molecule has 1 unspecified atom stereocenters. The van der Waals surface area contributed by atoms with Gasteiger partial charge >= 0.3 is 0 Å². The highest BCUT2D eigenvalue weighted by atomic mass is 35.5. The summed E-state index contributed by atoms with van der Waals surface area (Å²) in [6, 6.07) is 17.7. The third kappa shape index (κ3) is 3.74. The zero-order valence-electron chi connectivity index (χ0n) is 11.6. The van der Waals surface area contributed by atoms with E-state index < -0.39 is 0 Å². The first-order valence-electron chi connectivity index (χ1n) is 6.44. The highest BCUT2D eigenvalue weighted by Crippen LogP contribution is 2.38. The van der Waals surface area contributed by atoms with Crippen molar-refractivity contribution in [3.8, 4) is 11.5 Å². The largest absolute Gasteiger partial charge is 0.457 e. The zero-order chi connectivity index (χ0) is 13.9. The van der Waals surface area contributed by atoms with Crippen molar-refractivity contribution in [2.75, 3.05) is 0 Å². The van der Waals surface area contributed by atoms with Gasteiger partial charge in [-0.25, -0.2) is 0 Å². The zero-order valence-corrected chi connectivity index (χ0v) is 12.3. The number of hydrogen-bond acceptors (Lipinski definition) is 1. The molecule has 2 aromatic carbocycles. The molecule has 2 rings (SSSR count). The second-order valence-electron chi connectivity index (χ2n) is 5.71. The van der Waals surface area contributed by atoms with Crippen molar-refractivity contribution in [3.05, 3.63) is 60.2 Å². The number of rotatable bonds is 3. The Morgan fingerprint density at radius 3 is 1.89 bits per heavy atom. The Kier molecular flexibility index (Phi) is 4.16. The molecule has 0 aliphatic carbocycles. The molecule has 0 N–H and O–H groups in total. The van der Waals surface area contributed by atoms with Crippen LogP contribution in [0.15, 0.2) is 54.6 Å². The minimum absolute atomic E-state index is 0.00160. The Balaban J connectivity index is 2.11. The number of hydrogen-bond donors (Lipinski definition) is 0. The molecule has 0 saturated carbocycles. The summed E-state index contributed by atoms with van der Waals surface area (Å²) >= 11 is 6.45. The minimum atomic E-state index is -0.00160. The fourth-order valence-corrected chi connectivity index (χ4v) is 1.97. The third-order valence-electron chi connectivity index (χ3n) is 2.91. The van der Waals surface area contributed by atoms with Crippen LogP contribution in [-0.2, 0) is 0 Å². The second kappa shape index (κ2) is 5.66. The number of benzene rings is 2. The highest BCUT2D eigenvalue weighted by molar-refractivity contribution is 6.21. The van der Waals surface area contributed by atoms with Crippen molar-refractivity contribution in [2.45, 2.75) is 26.1 Å². The number of para-hydroxylation sites is 1. The van der Waals surface area contributed by atoms with Crippen LogP contribution in [0.3, 0.4) is 0 Å². The van der Waals surface area contributed by atoms with Crippen LogP contribution < -0.4 is 4.74 Å². The van der Waals surface area contributed by atoms with Gasteiger partial charge in [-0.3, -0.25) is 0 Å². The van der Waals surface area contributed by atoms with Gasteiger partial charge in [-0.2, -0.15) is 0 Å². The van der Waals surface area contributed by atoms with Crippen LogP contribution in [-0.4, -0.2) is 0 Å². The average Bonchev–Trinajstić information content (AvgIpc) is 2.39. The molecule has 2 aromatic rings. The van der Waals surface area contributed by atoms with Gasteiger partial charge in [0.05, 0.1) is 5.38 Å². The molecule has 1 atom stereocenters. The molecule has 0 bridgehead atoms. The normalized spacial score (nSPS) is 13.1. The smallest absolute Gasteiger partial charge is 0.127 e. The second-order valence-corrected chi connectivity index (χ2v) is 6.15. The molecular formula is C17H19ClO. The Labute approximate surface area is 120 Å². The van der Waals surface area contributed by atoms with Gasteiger partial charge in [-0.15, -0.1) is 11.6 Å². The fourth-order valence-electron chi connectivity index (χ4n) is 1.83. The first kappa shape index (κ1) is 14.0. The molecule has 19 heavy (non-hydrogen) atoms. The lowest BCUT2D eigenvalue weighted by Crippen LogP contribution is -2.12. The van der Waals surface area contributed by atoms with Crippen LogP contribution in [0.1, 0.15) is 31.7 Å². The molecule has 0 heterocycles. The van der Waals surface area contributed by atoms with Gasteiger partial charge in [0, 0.05) is 0 Å². The standard InChI is InChI=1S/C17H19ClO/c1-17(2,3)16(18)13-9-11-15(12-10-13)19-14-7-5-4-6-8-14/h4-12,16H,1-3H3. The lowest BCUT2D eigenvalue weighted by molar-refractivity contribution is 0.395. The molecule has 2 heteroatoms. The maximum atomic E-state index is 6.45. The monoisotopic (exact) mass is 274 g/mol. The van der Waals surface area contributed by atoms with E-state index in [2.05, 4.69) is 20.8 Å². The molecule has 0 spiro atoms. The van der Waals surface area contributed by atoms with E-state index in [1.165, 1.54) is 0 Å². The van der Waals surface area contributed by atoms with Crippen molar-refractivity contribution >= 4 is 11.6 Å². The topological polar surface area (TPSA) is 9.23 Å². The van der Waals surface area contributed by atoms with Gasteiger partial charge < -0.3 is 4.74 Å². The van der Waals surface area contributed by atoms with E-state index in [9.17, 15) is 0 Å². The van der Waals surface area contributed by atoms with Crippen LogP contribution >= 0.6 is 11.6 Å². The lowest BCUT2D eigenvalue weighted by Gasteiger charge is -2.25. The molecule has 0 aromatic heterocycles. The predicted octanol–water partition coefficient (Wildman–Crippen LogP) is 5.80. The predicted molar refractivity (Wildman–Crippen MR) is 81.0 cm³/mol. The van der Waals surface area contributed by atoms with Gasteiger partial charge in [0.15, 0.2) is 0 Å². The van der Waals surface area contributed by atoms with Crippen LogP contribution in [0.5, 0.6) is 11.5 Å². The van der Waals surface area contributed by atoms with Crippen LogP contribution in [0, 0.1) is 5.41 Å². The summed E-state index contributed by atoms with van der Waals surface area (Å²) in [5, 5.41) is -0.00160. The molecular weight excluding hydrogens is 256 g/mol. The SMILES string of the molecule is CC(C)(C)C(Cl)c1ccc(Oc2ccccc2)cc1. The van der Waals surface area contributed by atoms with Gasteiger partial charge in [-0.1, -0.05) is 51.1 Å². The van der Waals surface area contributed by atoms with E-state index in [-0.39, 0.29) is 10.8 Å². The number of ether oxygens (including phenoxy) is 1. The van der Waals surface area contributed by atoms with Crippen molar-refractivity contribution in [3.63, 3.8) is 0 Å². The van der Waals surface area contributed by atoms with Gasteiger partial charge in [-0.05, 0) is 35.2 Å². The molecule has 0 radical (unpaired) electrons.